The quantitative estimate of drug-likeness (QED) is 0.899. The number of benzene rings is 1. The van der Waals surface area contributed by atoms with Crippen LogP contribution in [0.5, 0.6) is 0 Å². The van der Waals surface area contributed by atoms with Crippen molar-refractivity contribution < 1.29 is 8.42 Å². The Bertz CT molecular complexity index is 787. The second-order valence-electron chi connectivity index (χ2n) is 4.02. The van der Waals surface area contributed by atoms with Gasteiger partial charge in [-0.15, -0.1) is 5.10 Å². The zero-order chi connectivity index (χ0) is 14.9. The standard InChI is InChI=1S/C11H10BrN5O2S/c1-7-4-3-5-9(8(7)6-13)15-20(18,19)11-10(12)14-16-17(11)2/h3-5,15H,1-2H3. The zero-order valence-electron chi connectivity index (χ0n) is 10.6. The molecule has 1 aromatic carbocycles. The van der Waals surface area contributed by atoms with Crippen molar-refractivity contribution in [2.75, 3.05) is 4.72 Å². The Kier molecular flexibility index (Phi) is 3.78. The smallest absolute Gasteiger partial charge is 0.277 e. The highest BCUT2D eigenvalue weighted by molar-refractivity contribution is 9.10. The molecule has 0 aliphatic heterocycles. The van der Waals surface area contributed by atoms with Crippen LogP contribution in [0.3, 0.4) is 0 Å². The van der Waals surface area contributed by atoms with Gasteiger partial charge in [-0.1, -0.05) is 17.3 Å². The van der Waals surface area contributed by atoms with Gasteiger partial charge in [0, 0.05) is 7.05 Å². The lowest BCUT2D eigenvalue weighted by molar-refractivity contribution is 0.578. The number of hydrogen-bond acceptors (Lipinski definition) is 5. The molecule has 104 valence electrons. The molecule has 0 radical (unpaired) electrons. The normalized spacial score (nSPS) is 11.1. The average molecular weight is 356 g/mol. The highest BCUT2D eigenvalue weighted by atomic mass is 79.9. The monoisotopic (exact) mass is 355 g/mol. The SMILES string of the molecule is Cc1cccc(NS(=O)(=O)c2c(Br)nnn2C)c1C#N. The van der Waals surface area contributed by atoms with Gasteiger partial charge >= 0.3 is 0 Å². The van der Waals surface area contributed by atoms with Crippen molar-refractivity contribution in [2.45, 2.75) is 11.9 Å². The van der Waals surface area contributed by atoms with E-state index in [1.165, 1.54) is 13.1 Å². The van der Waals surface area contributed by atoms with Crippen molar-refractivity contribution >= 4 is 31.6 Å². The molecule has 2 rings (SSSR count). The predicted octanol–water partition coefficient (Wildman–Crippen LogP) is 1.56. The molecule has 0 saturated carbocycles. The molecule has 0 fully saturated rings. The Labute approximate surface area is 124 Å². The van der Waals surface area contributed by atoms with E-state index < -0.39 is 10.0 Å². The molecule has 1 N–H and O–H groups in total. The van der Waals surface area contributed by atoms with Crippen LogP contribution < -0.4 is 4.72 Å². The number of nitrogens with zero attached hydrogens (tertiary/aromatic N) is 4. The van der Waals surface area contributed by atoms with Gasteiger partial charge in [-0.2, -0.15) is 13.7 Å². The molecule has 7 nitrogen and oxygen atoms in total. The molecule has 0 aliphatic carbocycles. The summed E-state index contributed by atoms with van der Waals surface area (Å²) in [4.78, 5) is 0. The van der Waals surface area contributed by atoms with Gasteiger partial charge in [-0.05, 0) is 34.5 Å². The molecular weight excluding hydrogens is 346 g/mol. The van der Waals surface area contributed by atoms with E-state index in [0.29, 0.717) is 5.56 Å². The van der Waals surface area contributed by atoms with E-state index in [1.807, 2.05) is 6.07 Å². The van der Waals surface area contributed by atoms with Crippen LogP contribution in [0.15, 0.2) is 27.8 Å². The Balaban J connectivity index is 2.50. The Morgan fingerprint density at radius 3 is 2.70 bits per heavy atom. The van der Waals surface area contributed by atoms with Crippen LogP contribution in [0.1, 0.15) is 11.1 Å². The van der Waals surface area contributed by atoms with Gasteiger partial charge in [0.25, 0.3) is 10.0 Å². The van der Waals surface area contributed by atoms with Crippen LogP contribution in [-0.2, 0) is 17.1 Å². The first kappa shape index (κ1) is 14.5. The summed E-state index contributed by atoms with van der Waals surface area (Å²) >= 11 is 3.04. The number of halogens is 1. The van der Waals surface area contributed by atoms with E-state index >= 15 is 0 Å². The predicted molar refractivity (Wildman–Crippen MR) is 75.4 cm³/mol. The van der Waals surface area contributed by atoms with Gasteiger partial charge in [0.2, 0.25) is 5.03 Å². The number of aryl methyl sites for hydroxylation is 2. The van der Waals surface area contributed by atoms with Crippen molar-refractivity contribution in [1.29, 1.82) is 5.26 Å². The van der Waals surface area contributed by atoms with Crippen LogP contribution in [-0.4, -0.2) is 23.4 Å². The van der Waals surface area contributed by atoms with E-state index in [-0.39, 0.29) is 20.9 Å². The number of nitrogens with one attached hydrogen (secondary N) is 1. The summed E-state index contributed by atoms with van der Waals surface area (Å²) in [7, 11) is -2.42. The van der Waals surface area contributed by atoms with Crippen molar-refractivity contribution in [3.63, 3.8) is 0 Å². The van der Waals surface area contributed by atoms with Gasteiger partial charge in [0.1, 0.15) is 6.07 Å². The molecule has 9 heteroatoms. The molecule has 0 saturated heterocycles. The van der Waals surface area contributed by atoms with E-state index in [2.05, 4.69) is 31.0 Å². The molecule has 1 heterocycles. The lowest BCUT2D eigenvalue weighted by Gasteiger charge is -2.10. The maximum atomic E-state index is 12.3. The topological polar surface area (TPSA) is 101 Å². The second kappa shape index (κ2) is 5.22. The minimum atomic E-state index is -3.89. The van der Waals surface area contributed by atoms with Crippen LogP contribution in [0.4, 0.5) is 5.69 Å². The fourth-order valence-corrected chi connectivity index (χ4v) is 3.87. The molecular formula is C11H10BrN5O2S. The molecule has 0 bridgehead atoms. The fourth-order valence-electron chi connectivity index (χ4n) is 1.70. The van der Waals surface area contributed by atoms with Gasteiger partial charge in [0.05, 0.1) is 11.3 Å². The third kappa shape index (κ3) is 2.52. The summed E-state index contributed by atoms with van der Waals surface area (Å²) < 4.78 is 28.3. The van der Waals surface area contributed by atoms with Crippen molar-refractivity contribution in [2.24, 2.45) is 7.05 Å². The lowest BCUT2D eigenvalue weighted by atomic mass is 10.1. The van der Waals surface area contributed by atoms with Gasteiger partial charge in [-0.25, -0.2) is 4.68 Å². The molecule has 2 aromatic rings. The van der Waals surface area contributed by atoms with E-state index in [1.54, 1.807) is 19.1 Å². The Hall–Kier alpha value is -1.92. The van der Waals surface area contributed by atoms with Crippen LogP contribution in [0.25, 0.3) is 0 Å². The zero-order valence-corrected chi connectivity index (χ0v) is 13.0. The van der Waals surface area contributed by atoms with E-state index in [0.717, 1.165) is 4.68 Å². The first-order chi connectivity index (χ1) is 9.36. The number of anilines is 1. The summed E-state index contributed by atoms with van der Waals surface area (Å²) in [6, 6.07) is 6.92. The summed E-state index contributed by atoms with van der Waals surface area (Å²) in [5.41, 5.74) is 1.19. The number of nitriles is 1. The molecule has 0 unspecified atom stereocenters. The van der Waals surface area contributed by atoms with E-state index in [4.69, 9.17) is 5.26 Å². The Morgan fingerprint density at radius 2 is 2.15 bits per heavy atom. The number of aromatic nitrogens is 3. The molecule has 0 aliphatic rings. The molecule has 0 amide bonds. The number of sulfonamides is 1. The lowest BCUT2D eigenvalue weighted by Crippen LogP contribution is -2.18. The highest BCUT2D eigenvalue weighted by Gasteiger charge is 2.25. The maximum absolute atomic E-state index is 12.3. The first-order valence-electron chi connectivity index (χ1n) is 5.44. The van der Waals surface area contributed by atoms with Crippen LogP contribution in [0.2, 0.25) is 0 Å². The average Bonchev–Trinajstić information content (AvgIpc) is 2.69. The van der Waals surface area contributed by atoms with Crippen LogP contribution in [0, 0.1) is 18.3 Å². The summed E-state index contributed by atoms with van der Waals surface area (Å²) in [5.74, 6) is 0. The highest BCUT2D eigenvalue weighted by Crippen LogP contribution is 2.24. The molecule has 1 aromatic heterocycles. The number of rotatable bonds is 3. The second-order valence-corrected chi connectivity index (χ2v) is 6.37. The fraction of sp³-hybridized carbons (Fsp3) is 0.182. The van der Waals surface area contributed by atoms with E-state index in [9.17, 15) is 8.42 Å². The van der Waals surface area contributed by atoms with Crippen molar-refractivity contribution in [3.05, 3.63) is 33.9 Å². The molecule has 0 atom stereocenters. The number of hydrogen-bond donors (Lipinski definition) is 1. The van der Waals surface area contributed by atoms with Crippen molar-refractivity contribution in [3.8, 4) is 6.07 Å². The first-order valence-corrected chi connectivity index (χ1v) is 7.72. The van der Waals surface area contributed by atoms with Gasteiger partial charge < -0.3 is 0 Å². The van der Waals surface area contributed by atoms with Gasteiger partial charge in [0.15, 0.2) is 4.60 Å². The summed E-state index contributed by atoms with van der Waals surface area (Å²) in [6.07, 6.45) is 0. The summed E-state index contributed by atoms with van der Waals surface area (Å²) in [5, 5.41) is 16.3. The minimum Gasteiger partial charge on any atom is -0.277 e. The van der Waals surface area contributed by atoms with Crippen LogP contribution >= 0.6 is 15.9 Å². The molecule has 0 spiro atoms. The van der Waals surface area contributed by atoms with Gasteiger partial charge in [-0.3, -0.25) is 4.72 Å². The molecule has 20 heavy (non-hydrogen) atoms. The Morgan fingerprint density at radius 1 is 1.45 bits per heavy atom. The summed E-state index contributed by atoms with van der Waals surface area (Å²) in [6.45, 7) is 1.73. The third-order valence-electron chi connectivity index (χ3n) is 2.62. The van der Waals surface area contributed by atoms with Crippen molar-refractivity contribution in [1.82, 2.24) is 15.0 Å². The largest absolute Gasteiger partial charge is 0.281 e. The maximum Gasteiger partial charge on any atom is 0.281 e. The third-order valence-corrected chi connectivity index (χ3v) is 4.87. The minimum absolute atomic E-state index is 0.108.